The maximum atomic E-state index is 13.4. The zero-order valence-corrected chi connectivity index (χ0v) is 22.1. The third-order valence-electron chi connectivity index (χ3n) is 7.63. The van der Waals surface area contributed by atoms with Gasteiger partial charge >= 0.3 is 0 Å². The number of aryl methyl sites for hydroxylation is 2. The Kier molecular flexibility index (Phi) is 8.78. The van der Waals surface area contributed by atoms with E-state index in [0.29, 0.717) is 13.0 Å². The number of amides is 1. The molecule has 5 nitrogen and oxygen atoms in total. The fourth-order valence-corrected chi connectivity index (χ4v) is 5.66. The summed E-state index contributed by atoms with van der Waals surface area (Å²) in [7, 11) is 0. The Hall–Kier alpha value is -2.73. The monoisotopic (exact) mass is 486 g/mol. The number of carbonyl (C=O) groups excluding carboxylic acids is 1. The molecule has 3 atom stereocenters. The van der Waals surface area contributed by atoms with E-state index >= 15 is 0 Å². The molecule has 0 aliphatic carbocycles. The number of nitrogens with zero attached hydrogens (tertiary/aromatic N) is 2. The summed E-state index contributed by atoms with van der Waals surface area (Å²) in [5.74, 6) is 0.203. The Bertz CT molecular complexity index is 1180. The first-order valence-electron chi connectivity index (χ1n) is 13.4. The average Bonchev–Trinajstić information content (AvgIpc) is 2.85. The van der Waals surface area contributed by atoms with Gasteiger partial charge < -0.3 is 16.4 Å². The lowest BCUT2D eigenvalue weighted by atomic mass is 9.97. The quantitative estimate of drug-likeness (QED) is 0.475. The normalized spacial score (nSPS) is 19.5. The van der Waals surface area contributed by atoms with Gasteiger partial charge in [0.2, 0.25) is 5.91 Å². The highest BCUT2D eigenvalue weighted by atomic mass is 16.2. The Morgan fingerprint density at radius 1 is 1.03 bits per heavy atom. The van der Waals surface area contributed by atoms with Crippen LogP contribution in [-0.4, -0.2) is 60.0 Å². The highest BCUT2D eigenvalue weighted by molar-refractivity contribution is 5.85. The highest BCUT2D eigenvalue weighted by Gasteiger charge is 2.34. The van der Waals surface area contributed by atoms with E-state index in [0.717, 1.165) is 44.5 Å². The number of hydrogen-bond acceptors (Lipinski definition) is 4. The summed E-state index contributed by atoms with van der Waals surface area (Å²) in [6, 6.07) is 21.7. The molecule has 3 aromatic carbocycles. The van der Waals surface area contributed by atoms with Gasteiger partial charge in [-0.2, -0.15) is 0 Å². The molecule has 4 N–H and O–H groups in total. The van der Waals surface area contributed by atoms with Crippen molar-refractivity contribution in [2.45, 2.75) is 64.6 Å². The molecular formula is C31H42N4O. The van der Waals surface area contributed by atoms with Crippen LogP contribution >= 0.6 is 0 Å². The summed E-state index contributed by atoms with van der Waals surface area (Å²) >= 11 is 0. The Morgan fingerprint density at radius 2 is 1.81 bits per heavy atom. The number of rotatable bonds is 9. The molecule has 4 rings (SSSR count). The van der Waals surface area contributed by atoms with Crippen molar-refractivity contribution in [1.82, 2.24) is 9.80 Å². The second kappa shape index (κ2) is 12.0. The predicted molar refractivity (Wildman–Crippen MR) is 150 cm³/mol. The highest BCUT2D eigenvalue weighted by Crippen LogP contribution is 2.22. The van der Waals surface area contributed by atoms with E-state index in [1.165, 1.54) is 27.5 Å². The first-order chi connectivity index (χ1) is 17.3. The van der Waals surface area contributed by atoms with Gasteiger partial charge in [0, 0.05) is 37.8 Å². The molecule has 0 bridgehead atoms. The number of hydrogen-bond donors (Lipinski definition) is 2. The van der Waals surface area contributed by atoms with Crippen molar-refractivity contribution in [2.75, 3.05) is 26.2 Å². The van der Waals surface area contributed by atoms with Gasteiger partial charge in [-0.15, -0.1) is 0 Å². The lowest BCUT2D eigenvalue weighted by Gasteiger charge is -2.46. The minimum atomic E-state index is 0.0545. The van der Waals surface area contributed by atoms with Crippen LogP contribution < -0.4 is 11.5 Å². The average molecular weight is 487 g/mol. The molecule has 36 heavy (non-hydrogen) atoms. The van der Waals surface area contributed by atoms with Gasteiger partial charge in [0.1, 0.15) is 0 Å². The molecule has 0 radical (unpaired) electrons. The van der Waals surface area contributed by atoms with Gasteiger partial charge in [-0.3, -0.25) is 9.69 Å². The number of fused-ring (bicyclic) bond motifs is 1. The molecule has 1 heterocycles. The van der Waals surface area contributed by atoms with Gasteiger partial charge in [0.25, 0.3) is 0 Å². The van der Waals surface area contributed by atoms with Crippen LogP contribution in [0.1, 0.15) is 42.0 Å². The lowest BCUT2D eigenvalue weighted by molar-refractivity contribution is -0.136. The van der Waals surface area contributed by atoms with Crippen LogP contribution in [-0.2, 0) is 17.6 Å². The predicted octanol–water partition coefficient (Wildman–Crippen LogP) is 4.21. The molecule has 1 aliphatic rings. The van der Waals surface area contributed by atoms with E-state index in [9.17, 15) is 4.79 Å². The third-order valence-corrected chi connectivity index (χ3v) is 7.63. The molecule has 0 aromatic heterocycles. The van der Waals surface area contributed by atoms with E-state index in [-0.39, 0.29) is 24.0 Å². The Morgan fingerprint density at radius 3 is 2.56 bits per heavy atom. The number of benzene rings is 3. The van der Waals surface area contributed by atoms with Crippen LogP contribution in [0, 0.1) is 13.8 Å². The second-order valence-electron chi connectivity index (χ2n) is 10.7. The zero-order valence-electron chi connectivity index (χ0n) is 22.1. The summed E-state index contributed by atoms with van der Waals surface area (Å²) in [5.41, 5.74) is 17.5. The van der Waals surface area contributed by atoms with Crippen molar-refractivity contribution in [3.63, 3.8) is 0 Å². The molecule has 192 valence electrons. The van der Waals surface area contributed by atoms with Gasteiger partial charge in [-0.05, 0) is 74.0 Å². The van der Waals surface area contributed by atoms with Crippen LogP contribution in [0.15, 0.2) is 60.7 Å². The number of piperazine rings is 1. The standard InChI is InChI=1S/C31H42N4O/c1-22-10-12-27(23(2)15-22)18-29(33)20-34-19-24(3)35(21-30(34)9-6-14-32)31(36)17-25-11-13-26-7-4-5-8-28(26)16-25/h4-5,7-8,10-13,15-16,24,29-30H,6,9,14,17-21,32-33H2,1-3H3/t24-,29+,30+/m1/s1. The fourth-order valence-electron chi connectivity index (χ4n) is 5.66. The summed E-state index contributed by atoms with van der Waals surface area (Å²) < 4.78 is 0. The van der Waals surface area contributed by atoms with Crippen molar-refractivity contribution in [2.24, 2.45) is 11.5 Å². The summed E-state index contributed by atoms with van der Waals surface area (Å²) in [6.45, 7) is 9.55. The summed E-state index contributed by atoms with van der Waals surface area (Å²) in [4.78, 5) is 18.0. The summed E-state index contributed by atoms with van der Waals surface area (Å²) in [5, 5.41) is 2.38. The van der Waals surface area contributed by atoms with E-state index < -0.39 is 0 Å². The maximum Gasteiger partial charge on any atom is 0.227 e. The first kappa shape index (κ1) is 26.3. The van der Waals surface area contributed by atoms with Crippen molar-refractivity contribution in [3.05, 3.63) is 82.9 Å². The van der Waals surface area contributed by atoms with E-state index in [1.54, 1.807) is 0 Å². The molecule has 1 saturated heterocycles. The molecule has 0 saturated carbocycles. The van der Waals surface area contributed by atoms with E-state index in [2.05, 4.69) is 79.1 Å². The third kappa shape index (κ3) is 6.52. The molecule has 5 heteroatoms. The van der Waals surface area contributed by atoms with Crippen molar-refractivity contribution in [1.29, 1.82) is 0 Å². The van der Waals surface area contributed by atoms with Crippen molar-refractivity contribution < 1.29 is 4.79 Å². The summed E-state index contributed by atoms with van der Waals surface area (Å²) in [6.07, 6.45) is 3.24. The van der Waals surface area contributed by atoms with Crippen LogP contribution in [0.25, 0.3) is 10.8 Å². The van der Waals surface area contributed by atoms with Crippen LogP contribution in [0.2, 0.25) is 0 Å². The van der Waals surface area contributed by atoms with Gasteiger partial charge in [0.15, 0.2) is 0 Å². The zero-order chi connectivity index (χ0) is 25.7. The largest absolute Gasteiger partial charge is 0.337 e. The van der Waals surface area contributed by atoms with Crippen LogP contribution in [0.3, 0.4) is 0 Å². The number of nitrogens with two attached hydrogens (primary N) is 2. The van der Waals surface area contributed by atoms with Gasteiger partial charge in [0.05, 0.1) is 6.42 Å². The number of carbonyl (C=O) groups is 1. The van der Waals surface area contributed by atoms with Crippen molar-refractivity contribution in [3.8, 4) is 0 Å². The molecule has 1 fully saturated rings. The van der Waals surface area contributed by atoms with Gasteiger partial charge in [-0.1, -0.05) is 66.2 Å². The maximum absolute atomic E-state index is 13.4. The smallest absolute Gasteiger partial charge is 0.227 e. The topological polar surface area (TPSA) is 75.6 Å². The first-order valence-corrected chi connectivity index (χ1v) is 13.4. The fraction of sp³-hybridized carbons (Fsp3) is 0.452. The van der Waals surface area contributed by atoms with Gasteiger partial charge in [-0.25, -0.2) is 0 Å². The molecule has 1 aliphatic heterocycles. The van der Waals surface area contributed by atoms with Crippen LogP contribution in [0.5, 0.6) is 0 Å². The van der Waals surface area contributed by atoms with Crippen molar-refractivity contribution >= 4 is 16.7 Å². The lowest BCUT2D eigenvalue weighted by Crippen LogP contribution is -2.61. The SMILES string of the molecule is Cc1ccc(C[C@H](N)CN2C[C@@H](C)N(C(=O)Cc3ccc4ccccc4c3)C[C@@H]2CCCN)c(C)c1. The van der Waals surface area contributed by atoms with E-state index in [1.807, 2.05) is 12.1 Å². The molecule has 1 amide bonds. The Balaban J connectivity index is 1.41. The van der Waals surface area contributed by atoms with Crippen LogP contribution in [0.4, 0.5) is 0 Å². The minimum absolute atomic E-state index is 0.0545. The molecule has 0 spiro atoms. The Labute approximate surface area is 216 Å². The molecule has 0 unspecified atom stereocenters. The minimum Gasteiger partial charge on any atom is -0.337 e. The molecular weight excluding hydrogens is 444 g/mol. The molecule has 3 aromatic rings. The van der Waals surface area contributed by atoms with E-state index in [4.69, 9.17) is 11.5 Å². The second-order valence-corrected chi connectivity index (χ2v) is 10.7.